The van der Waals surface area contributed by atoms with Crippen molar-refractivity contribution in [1.29, 1.82) is 0 Å². The molecule has 0 aromatic carbocycles. The molecule has 0 saturated heterocycles. The summed E-state index contributed by atoms with van der Waals surface area (Å²) in [5.74, 6) is 0. The first kappa shape index (κ1) is 41.9. The first-order valence-corrected chi connectivity index (χ1v) is 31.0. The molecule has 0 heterocycles. The fourth-order valence-corrected chi connectivity index (χ4v) is 27.2. The predicted octanol–water partition coefficient (Wildman–Crippen LogP) is 6.09. The molecule has 0 aliphatic carbocycles. The van der Waals surface area contributed by atoms with Crippen molar-refractivity contribution in [3.63, 3.8) is 0 Å². The standard InChI is InChI=1S/3C6H18NSi2.Fe.Na/c3*1-8(2,3)7-9(4,5)6;;/h3*1-6H3;;/q3*-1;+2;+1. The molecule has 0 saturated carbocycles. The van der Waals surface area contributed by atoms with E-state index in [-0.39, 0.29) is 46.6 Å². The van der Waals surface area contributed by atoms with Crippen molar-refractivity contribution in [2.75, 3.05) is 0 Å². The second-order valence-corrected chi connectivity index (χ2v) is 42.1. The molecule has 0 spiro atoms. The third kappa shape index (κ3) is 59.0. The molecule has 0 atom stereocenters. The van der Waals surface area contributed by atoms with Crippen LogP contribution in [0.5, 0.6) is 0 Å². The fourth-order valence-electron chi connectivity index (χ4n) is 3.02. The molecule has 29 heavy (non-hydrogen) atoms. The van der Waals surface area contributed by atoms with E-state index in [1.54, 1.807) is 0 Å². The Hall–Kier alpha value is 2.70. The Labute approximate surface area is 225 Å². The van der Waals surface area contributed by atoms with Crippen molar-refractivity contribution in [2.45, 2.75) is 118 Å². The predicted molar refractivity (Wildman–Crippen MR) is 150 cm³/mol. The molecule has 0 aromatic heterocycles. The third-order valence-electron chi connectivity index (χ3n) is 2.01. The van der Waals surface area contributed by atoms with Crippen LogP contribution in [0, 0.1) is 0 Å². The smallest absolute Gasteiger partial charge is 0.668 e. The summed E-state index contributed by atoms with van der Waals surface area (Å²) in [7, 11) is -6.64. The van der Waals surface area contributed by atoms with E-state index >= 15 is 0 Å². The van der Waals surface area contributed by atoms with Gasteiger partial charge in [0.25, 0.3) is 0 Å². The van der Waals surface area contributed by atoms with Gasteiger partial charge in [-0.15, -0.1) is 0 Å². The minimum absolute atomic E-state index is 0. The van der Waals surface area contributed by atoms with Gasteiger partial charge in [-0.2, -0.15) is 0 Å². The van der Waals surface area contributed by atoms with E-state index in [2.05, 4.69) is 118 Å². The van der Waals surface area contributed by atoms with Gasteiger partial charge in [0.2, 0.25) is 0 Å². The quantitative estimate of drug-likeness (QED) is 0.354. The van der Waals surface area contributed by atoms with Gasteiger partial charge < -0.3 is 13.9 Å². The minimum Gasteiger partial charge on any atom is -0.668 e. The Morgan fingerprint density at radius 1 is 0.276 bits per heavy atom. The summed E-state index contributed by atoms with van der Waals surface area (Å²) in [5.41, 5.74) is 0. The van der Waals surface area contributed by atoms with Gasteiger partial charge in [-0.3, -0.25) is 0 Å². The van der Waals surface area contributed by atoms with Gasteiger partial charge in [-0.25, -0.2) is 0 Å². The average molecular weight is 560 g/mol. The average Bonchev–Trinajstić information content (AvgIpc) is 1.96. The summed E-state index contributed by atoms with van der Waals surface area (Å²) in [4.78, 5) is 0. The number of nitrogens with zero attached hydrogens (tertiary/aromatic N) is 3. The third-order valence-corrected chi connectivity index (χ3v) is 18.1. The van der Waals surface area contributed by atoms with E-state index in [0.29, 0.717) is 0 Å². The van der Waals surface area contributed by atoms with Gasteiger partial charge in [-0.1, -0.05) is 167 Å². The summed E-state index contributed by atoms with van der Waals surface area (Å²) in [6.45, 7) is 41.3. The SMILES string of the molecule is C[Si](C)(C)[N-][Si](C)(C)C.C[Si](C)(C)[N-][Si](C)(C)C.C[Si](C)(C)[N-][Si](C)(C)C.[Fe+2].[Na+]. The van der Waals surface area contributed by atoms with Crippen LogP contribution in [0.15, 0.2) is 0 Å². The number of hydrogen-bond acceptors (Lipinski definition) is 0. The molecule has 174 valence electrons. The molecule has 0 amide bonds. The molecular weight excluding hydrogens is 506 g/mol. The molecule has 3 nitrogen and oxygen atoms in total. The van der Waals surface area contributed by atoms with E-state index in [1.807, 2.05) is 0 Å². The molecule has 0 aliphatic rings. The van der Waals surface area contributed by atoms with Crippen molar-refractivity contribution in [3.8, 4) is 0 Å². The van der Waals surface area contributed by atoms with E-state index in [4.69, 9.17) is 13.9 Å². The van der Waals surface area contributed by atoms with Gasteiger partial charge in [0.05, 0.1) is 0 Å². The van der Waals surface area contributed by atoms with Gasteiger partial charge in [0.1, 0.15) is 0 Å². The maximum Gasteiger partial charge on any atom is 2.00 e. The van der Waals surface area contributed by atoms with Crippen LogP contribution in [0.1, 0.15) is 0 Å². The Morgan fingerprint density at radius 2 is 0.345 bits per heavy atom. The van der Waals surface area contributed by atoms with Crippen molar-refractivity contribution in [3.05, 3.63) is 13.9 Å². The Morgan fingerprint density at radius 3 is 0.345 bits per heavy atom. The van der Waals surface area contributed by atoms with Crippen molar-refractivity contribution in [2.24, 2.45) is 0 Å². The molecule has 0 N–H and O–H groups in total. The van der Waals surface area contributed by atoms with Crippen molar-refractivity contribution in [1.82, 2.24) is 0 Å². The van der Waals surface area contributed by atoms with Gasteiger partial charge in [0, 0.05) is 0 Å². The van der Waals surface area contributed by atoms with Crippen LogP contribution in [0.4, 0.5) is 0 Å². The summed E-state index contributed by atoms with van der Waals surface area (Å²) in [6, 6.07) is 0. The monoisotopic (exact) mass is 559 g/mol. The molecule has 0 radical (unpaired) electrons. The van der Waals surface area contributed by atoms with E-state index in [0.717, 1.165) is 0 Å². The van der Waals surface area contributed by atoms with Crippen LogP contribution < -0.4 is 29.6 Å². The van der Waals surface area contributed by atoms with Crippen LogP contribution in [0.3, 0.4) is 0 Å². The second-order valence-electron chi connectivity index (χ2n) is 13.4. The summed E-state index contributed by atoms with van der Waals surface area (Å²) in [5, 5.41) is 0. The van der Waals surface area contributed by atoms with E-state index in [9.17, 15) is 0 Å². The van der Waals surface area contributed by atoms with Crippen LogP contribution >= 0.6 is 0 Å². The van der Waals surface area contributed by atoms with Crippen LogP contribution in [-0.4, -0.2) is 49.4 Å². The maximum atomic E-state index is 4.82. The fraction of sp³-hybridized carbons (Fsp3) is 1.00. The van der Waals surface area contributed by atoms with Crippen LogP contribution in [-0.2, 0) is 17.1 Å². The normalized spacial score (nSPS) is 13.0. The van der Waals surface area contributed by atoms with Crippen LogP contribution in [0.2, 0.25) is 118 Å². The number of rotatable bonds is 6. The topological polar surface area (TPSA) is 42.3 Å². The largest absolute Gasteiger partial charge is 2.00 e. The van der Waals surface area contributed by atoms with Crippen LogP contribution in [0.25, 0.3) is 13.9 Å². The van der Waals surface area contributed by atoms with E-state index in [1.165, 1.54) is 0 Å². The molecule has 0 fully saturated rings. The summed E-state index contributed by atoms with van der Waals surface area (Å²) >= 11 is 0. The molecule has 0 aliphatic heterocycles. The van der Waals surface area contributed by atoms with Crippen molar-refractivity contribution < 1.29 is 46.6 Å². The molecule has 0 aromatic rings. The number of hydrogen-bond donors (Lipinski definition) is 0. The van der Waals surface area contributed by atoms with E-state index < -0.39 is 49.4 Å². The molecule has 0 rings (SSSR count). The maximum absolute atomic E-state index is 4.82. The summed E-state index contributed by atoms with van der Waals surface area (Å²) < 4.78 is 14.5. The zero-order chi connectivity index (χ0) is 23.1. The Kier molecular flexibility index (Phi) is 22.5. The summed E-state index contributed by atoms with van der Waals surface area (Å²) in [6.07, 6.45) is 0. The molecule has 11 heteroatoms. The van der Waals surface area contributed by atoms with Crippen molar-refractivity contribution >= 4 is 49.4 Å². The molecular formula is C18H54FeN3NaSi6. The Balaban J connectivity index is -0.0000000960. The molecule has 0 bridgehead atoms. The zero-order valence-corrected chi connectivity index (χ0v) is 32.8. The molecule has 0 unspecified atom stereocenters. The second kappa shape index (κ2) is 15.6. The van der Waals surface area contributed by atoms with Gasteiger partial charge in [-0.05, 0) is 0 Å². The first-order chi connectivity index (χ1) is 11.1. The first-order valence-electron chi connectivity index (χ1n) is 10.3. The van der Waals surface area contributed by atoms with Gasteiger partial charge in [0.15, 0.2) is 0 Å². The van der Waals surface area contributed by atoms with Gasteiger partial charge >= 0.3 is 46.6 Å². The minimum atomic E-state index is -1.11. The Bertz CT molecular complexity index is 303. The zero-order valence-electron chi connectivity index (χ0n) is 23.7.